The van der Waals surface area contributed by atoms with Crippen molar-refractivity contribution in [2.45, 2.75) is 46.1 Å². The second kappa shape index (κ2) is 6.80. The molecule has 0 saturated heterocycles. The van der Waals surface area contributed by atoms with Crippen LogP contribution >= 0.6 is 0 Å². The molecule has 0 aliphatic rings. The van der Waals surface area contributed by atoms with Crippen molar-refractivity contribution in [1.29, 1.82) is 0 Å². The smallest absolute Gasteiger partial charge is 0.221 e. The maximum Gasteiger partial charge on any atom is 0.221 e. The van der Waals surface area contributed by atoms with Crippen LogP contribution in [-0.2, 0) is 4.79 Å². The lowest BCUT2D eigenvalue weighted by atomic mass is 9.83. The summed E-state index contributed by atoms with van der Waals surface area (Å²) in [5, 5.41) is 12.1. The van der Waals surface area contributed by atoms with Crippen LogP contribution in [0, 0.1) is 5.41 Å². The number of hydrogen-bond donors (Lipinski definition) is 3. The van der Waals surface area contributed by atoms with Gasteiger partial charge < -0.3 is 16.2 Å². The Labute approximate surface area is 92.2 Å². The molecule has 0 rings (SSSR count). The molecule has 4 N–H and O–H groups in total. The monoisotopic (exact) mass is 216 g/mol. The summed E-state index contributed by atoms with van der Waals surface area (Å²) in [5.74, 6) is -0.0373. The van der Waals surface area contributed by atoms with E-state index in [2.05, 4.69) is 5.32 Å². The van der Waals surface area contributed by atoms with Gasteiger partial charge in [0.25, 0.3) is 0 Å². The van der Waals surface area contributed by atoms with Gasteiger partial charge in [0.05, 0.1) is 6.61 Å². The van der Waals surface area contributed by atoms with Gasteiger partial charge in [0.2, 0.25) is 5.91 Å². The summed E-state index contributed by atoms with van der Waals surface area (Å²) in [6, 6.07) is -0.114. The van der Waals surface area contributed by atoms with Crippen molar-refractivity contribution in [3.05, 3.63) is 0 Å². The summed E-state index contributed by atoms with van der Waals surface area (Å²) in [7, 11) is 0. The van der Waals surface area contributed by atoms with Gasteiger partial charge in [-0.05, 0) is 19.8 Å². The molecule has 1 atom stereocenters. The molecule has 0 aromatic carbocycles. The third kappa shape index (κ3) is 5.14. The van der Waals surface area contributed by atoms with Gasteiger partial charge in [0.15, 0.2) is 0 Å². The largest absolute Gasteiger partial charge is 0.396 e. The first-order chi connectivity index (χ1) is 6.99. The molecule has 4 heteroatoms. The molecule has 1 amide bonds. The SMILES string of the molecule is CCC(CC)(CO)CNC(=O)CC(C)N. The summed E-state index contributed by atoms with van der Waals surface area (Å²) in [4.78, 5) is 11.4. The molecule has 15 heavy (non-hydrogen) atoms. The standard InChI is InChI=1S/C11H24N2O2/c1-4-11(5-2,8-14)7-13-10(15)6-9(3)12/h9,14H,4-8,12H2,1-3H3,(H,13,15). The minimum Gasteiger partial charge on any atom is -0.396 e. The average Bonchev–Trinajstić information content (AvgIpc) is 2.20. The predicted octanol–water partition coefficient (Wildman–Crippen LogP) is 0.639. The van der Waals surface area contributed by atoms with Gasteiger partial charge in [-0.25, -0.2) is 0 Å². The van der Waals surface area contributed by atoms with Crippen molar-refractivity contribution >= 4 is 5.91 Å². The average molecular weight is 216 g/mol. The fourth-order valence-electron chi connectivity index (χ4n) is 1.43. The van der Waals surface area contributed by atoms with Crippen molar-refractivity contribution < 1.29 is 9.90 Å². The van der Waals surface area contributed by atoms with Gasteiger partial charge in [-0.15, -0.1) is 0 Å². The van der Waals surface area contributed by atoms with Gasteiger partial charge in [0, 0.05) is 24.4 Å². The quantitative estimate of drug-likeness (QED) is 0.584. The van der Waals surface area contributed by atoms with Crippen LogP contribution in [0.15, 0.2) is 0 Å². The first kappa shape index (κ1) is 14.4. The lowest BCUT2D eigenvalue weighted by Crippen LogP contribution is -2.40. The van der Waals surface area contributed by atoms with Crippen molar-refractivity contribution in [3.63, 3.8) is 0 Å². The molecule has 0 bridgehead atoms. The summed E-state index contributed by atoms with van der Waals surface area (Å²) < 4.78 is 0. The van der Waals surface area contributed by atoms with Crippen molar-refractivity contribution in [3.8, 4) is 0 Å². The highest BCUT2D eigenvalue weighted by molar-refractivity contribution is 5.76. The molecule has 0 aliphatic carbocycles. The molecular formula is C11H24N2O2. The fraction of sp³-hybridized carbons (Fsp3) is 0.909. The topological polar surface area (TPSA) is 75.3 Å². The van der Waals surface area contributed by atoms with E-state index in [0.717, 1.165) is 12.8 Å². The normalized spacial score (nSPS) is 13.7. The Morgan fingerprint density at radius 2 is 2.00 bits per heavy atom. The fourth-order valence-corrected chi connectivity index (χ4v) is 1.43. The molecule has 0 aliphatic heterocycles. The third-order valence-corrected chi connectivity index (χ3v) is 3.00. The molecule has 0 spiro atoms. The zero-order chi connectivity index (χ0) is 11.9. The molecule has 0 aromatic rings. The van der Waals surface area contributed by atoms with Crippen LogP contribution < -0.4 is 11.1 Å². The van der Waals surface area contributed by atoms with E-state index in [1.54, 1.807) is 6.92 Å². The summed E-state index contributed by atoms with van der Waals surface area (Å²) in [6.45, 7) is 6.49. The first-order valence-corrected chi connectivity index (χ1v) is 5.62. The summed E-state index contributed by atoms with van der Waals surface area (Å²) in [6.07, 6.45) is 2.06. The summed E-state index contributed by atoms with van der Waals surface area (Å²) in [5.41, 5.74) is 5.35. The van der Waals surface area contributed by atoms with E-state index >= 15 is 0 Å². The van der Waals surface area contributed by atoms with Crippen LogP contribution in [0.1, 0.15) is 40.0 Å². The molecular weight excluding hydrogens is 192 g/mol. The number of carbonyl (C=O) groups excluding carboxylic acids is 1. The zero-order valence-electron chi connectivity index (χ0n) is 10.0. The van der Waals surface area contributed by atoms with Crippen LogP contribution in [0.25, 0.3) is 0 Å². The number of amides is 1. The lowest BCUT2D eigenvalue weighted by Gasteiger charge is -2.29. The minimum atomic E-state index is -0.173. The second-order valence-electron chi connectivity index (χ2n) is 4.32. The molecule has 0 fully saturated rings. The minimum absolute atomic E-state index is 0.0373. The van der Waals surface area contributed by atoms with Gasteiger partial charge in [0.1, 0.15) is 0 Å². The van der Waals surface area contributed by atoms with Gasteiger partial charge in [-0.2, -0.15) is 0 Å². The van der Waals surface area contributed by atoms with Gasteiger partial charge >= 0.3 is 0 Å². The van der Waals surface area contributed by atoms with Crippen LogP contribution in [0.3, 0.4) is 0 Å². The molecule has 0 radical (unpaired) electrons. The maximum absolute atomic E-state index is 11.4. The Morgan fingerprint density at radius 1 is 1.47 bits per heavy atom. The Bertz CT molecular complexity index is 181. The van der Waals surface area contributed by atoms with Crippen molar-refractivity contribution in [2.24, 2.45) is 11.1 Å². The van der Waals surface area contributed by atoms with E-state index in [1.807, 2.05) is 13.8 Å². The number of nitrogens with one attached hydrogen (secondary N) is 1. The van der Waals surface area contributed by atoms with Crippen molar-refractivity contribution in [1.82, 2.24) is 5.32 Å². The van der Waals surface area contributed by atoms with Crippen LogP contribution in [0.4, 0.5) is 0 Å². The highest BCUT2D eigenvalue weighted by Crippen LogP contribution is 2.24. The van der Waals surface area contributed by atoms with E-state index in [0.29, 0.717) is 13.0 Å². The Kier molecular flexibility index (Phi) is 6.52. The van der Waals surface area contributed by atoms with E-state index in [1.165, 1.54) is 0 Å². The first-order valence-electron chi connectivity index (χ1n) is 5.62. The lowest BCUT2D eigenvalue weighted by molar-refractivity contribution is -0.122. The van der Waals surface area contributed by atoms with Crippen molar-refractivity contribution in [2.75, 3.05) is 13.2 Å². The number of hydrogen-bond acceptors (Lipinski definition) is 3. The number of aliphatic hydroxyl groups is 1. The highest BCUT2D eigenvalue weighted by atomic mass is 16.3. The molecule has 90 valence electrons. The Morgan fingerprint density at radius 3 is 2.33 bits per heavy atom. The van der Waals surface area contributed by atoms with Gasteiger partial charge in [-0.1, -0.05) is 13.8 Å². The van der Waals surface area contributed by atoms with E-state index in [-0.39, 0.29) is 24.0 Å². The molecule has 0 aromatic heterocycles. The van der Waals surface area contributed by atoms with E-state index in [4.69, 9.17) is 5.73 Å². The zero-order valence-corrected chi connectivity index (χ0v) is 10.0. The number of carbonyl (C=O) groups is 1. The molecule has 4 nitrogen and oxygen atoms in total. The maximum atomic E-state index is 11.4. The van der Waals surface area contributed by atoms with Crippen LogP contribution in [-0.4, -0.2) is 30.2 Å². The Hall–Kier alpha value is -0.610. The third-order valence-electron chi connectivity index (χ3n) is 3.00. The highest BCUT2D eigenvalue weighted by Gasteiger charge is 2.25. The van der Waals surface area contributed by atoms with E-state index in [9.17, 15) is 9.90 Å². The summed E-state index contributed by atoms with van der Waals surface area (Å²) >= 11 is 0. The number of rotatable bonds is 7. The second-order valence-corrected chi connectivity index (χ2v) is 4.32. The number of aliphatic hydroxyl groups excluding tert-OH is 1. The van der Waals surface area contributed by atoms with Crippen LogP contribution in [0.5, 0.6) is 0 Å². The molecule has 0 saturated carbocycles. The van der Waals surface area contributed by atoms with Crippen LogP contribution in [0.2, 0.25) is 0 Å². The molecule has 0 heterocycles. The molecule has 1 unspecified atom stereocenters. The number of nitrogens with two attached hydrogens (primary N) is 1. The van der Waals surface area contributed by atoms with Gasteiger partial charge in [-0.3, -0.25) is 4.79 Å². The Balaban J connectivity index is 4.05. The van der Waals surface area contributed by atoms with E-state index < -0.39 is 0 Å². The predicted molar refractivity (Wildman–Crippen MR) is 61.4 cm³/mol.